The number of benzene rings is 1. The fraction of sp³-hybridized carbons (Fsp3) is 0.647. The van der Waals surface area contributed by atoms with Gasteiger partial charge in [0.15, 0.2) is 0 Å². The number of hydrogen-bond donors (Lipinski definition) is 1. The zero-order chi connectivity index (χ0) is 14.7. The van der Waals surface area contributed by atoms with E-state index in [1.54, 1.807) is 7.11 Å². The molecular weight excluding hydrogens is 262 g/mol. The first-order chi connectivity index (χ1) is 10.3. The summed E-state index contributed by atoms with van der Waals surface area (Å²) in [5, 5.41) is 0. The van der Waals surface area contributed by atoms with Gasteiger partial charge in [0.1, 0.15) is 5.75 Å². The van der Waals surface area contributed by atoms with Gasteiger partial charge in [-0.2, -0.15) is 0 Å². The molecule has 0 radical (unpaired) electrons. The van der Waals surface area contributed by atoms with Crippen molar-refractivity contribution >= 4 is 5.69 Å². The Hall–Kier alpha value is -1.26. The van der Waals surface area contributed by atoms with E-state index in [0.29, 0.717) is 12.1 Å². The maximum absolute atomic E-state index is 6.13. The van der Waals surface area contributed by atoms with Crippen LogP contribution in [0.5, 0.6) is 5.75 Å². The quantitative estimate of drug-likeness (QED) is 0.925. The molecule has 1 heterocycles. The molecule has 1 saturated carbocycles. The number of nitrogens with two attached hydrogens (primary N) is 1. The van der Waals surface area contributed by atoms with E-state index in [1.807, 2.05) is 12.1 Å². The molecule has 2 unspecified atom stereocenters. The maximum atomic E-state index is 6.13. The Kier molecular flexibility index (Phi) is 4.66. The molecule has 1 aliphatic heterocycles. The molecule has 1 aromatic carbocycles. The van der Waals surface area contributed by atoms with Gasteiger partial charge in [0, 0.05) is 38.3 Å². The van der Waals surface area contributed by atoms with Crippen LogP contribution in [0.3, 0.4) is 0 Å². The highest BCUT2D eigenvalue weighted by Gasteiger charge is 2.28. The molecule has 0 amide bonds. The van der Waals surface area contributed by atoms with E-state index in [-0.39, 0.29) is 0 Å². The van der Waals surface area contributed by atoms with Crippen molar-refractivity contribution in [1.29, 1.82) is 0 Å². The number of piperazine rings is 1. The molecule has 2 atom stereocenters. The molecule has 4 nitrogen and oxygen atoms in total. The van der Waals surface area contributed by atoms with Crippen molar-refractivity contribution in [1.82, 2.24) is 4.90 Å². The molecule has 1 aliphatic carbocycles. The molecule has 0 bridgehead atoms. The standard InChI is InChI=1S/C17H27N3O/c1-21-17-8-3-2-7-16(17)20-11-9-19(10-12-20)15-6-4-5-14(18)13-15/h2-3,7-8,14-15H,4-6,9-13,18H2,1H3. The van der Waals surface area contributed by atoms with Crippen LogP contribution in [-0.2, 0) is 0 Å². The summed E-state index contributed by atoms with van der Waals surface area (Å²) >= 11 is 0. The summed E-state index contributed by atoms with van der Waals surface area (Å²) in [7, 11) is 1.75. The van der Waals surface area contributed by atoms with Crippen LogP contribution in [0.15, 0.2) is 24.3 Å². The first-order valence-electron chi connectivity index (χ1n) is 8.15. The van der Waals surface area contributed by atoms with Crippen LogP contribution in [0.25, 0.3) is 0 Å². The summed E-state index contributed by atoms with van der Waals surface area (Å²) in [6.07, 6.45) is 4.99. The first-order valence-corrected chi connectivity index (χ1v) is 8.15. The number of nitrogens with zero attached hydrogens (tertiary/aromatic N) is 2. The normalized spacial score (nSPS) is 27.6. The summed E-state index contributed by atoms with van der Waals surface area (Å²) in [6.45, 7) is 4.42. The Balaban J connectivity index is 1.60. The van der Waals surface area contributed by atoms with Crippen molar-refractivity contribution < 1.29 is 4.74 Å². The number of hydrogen-bond acceptors (Lipinski definition) is 4. The summed E-state index contributed by atoms with van der Waals surface area (Å²) in [5.74, 6) is 0.977. The first kappa shape index (κ1) is 14.7. The van der Waals surface area contributed by atoms with E-state index in [0.717, 1.165) is 31.9 Å². The summed E-state index contributed by atoms with van der Waals surface area (Å²) in [6, 6.07) is 9.43. The van der Waals surface area contributed by atoms with E-state index >= 15 is 0 Å². The fourth-order valence-corrected chi connectivity index (χ4v) is 3.75. The molecule has 4 heteroatoms. The molecule has 1 saturated heterocycles. The van der Waals surface area contributed by atoms with Crippen LogP contribution >= 0.6 is 0 Å². The number of para-hydroxylation sites is 2. The maximum Gasteiger partial charge on any atom is 0.142 e. The molecule has 116 valence electrons. The number of anilines is 1. The highest BCUT2D eigenvalue weighted by Crippen LogP contribution is 2.29. The molecule has 0 aromatic heterocycles. The third-order valence-corrected chi connectivity index (χ3v) is 4.94. The van der Waals surface area contributed by atoms with E-state index in [2.05, 4.69) is 21.9 Å². The van der Waals surface area contributed by atoms with Gasteiger partial charge >= 0.3 is 0 Å². The van der Waals surface area contributed by atoms with Crippen LogP contribution in [-0.4, -0.2) is 50.3 Å². The van der Waals surface area contributed by atoms with Crippen LogP contribution in [0.1, 0.15) is 25.7 Å². The van der Waals surface area contributed by atoms with Crippen LogP contribution in [0.4, 0.5) is 5.69 Å². The Labute approximate surface area is 127 Å². The molecule has 21 heavy (non-hydrogen) atoms. The lowest BCUT2D eigenvalue weighted by molar-refractivity contribution is 0.139. The Morgan fingerprint density at radius 2 is 1.86 bits per heavy atom. The van der Waals surface area contributed by atoms with E-state index in [9.17, 15) is 0 Å². The predicted molar refractivity (Wildman–Crippen MR) is 87.0 cm³/mol. The van der Waals surface area contributed by atoms with Crippen LogP contribution < -0.4 is 15.4 Å². The van der Waals surface area contributed by atoms with Gasteiger partial charge in [-0.25, -0.2) is 0 Å². The minimum Gasteiger partial charge on any atom is -0.495 e. The Morgan fingerprint density at radius 3 is 2.57 bits per heavy atom. The van der Waals surface area contributed by atoms with Crippen molar-refractivity contribution in [2.45, 2.75) is 37.8 Å². The lowest BCUT2D eigenvalue weighted by Crippen LogP contribution is -2.52. The monoisotopic (exact) mass is 289 g/mol. The van der Waals surface area contributed by atoms with Crippen LogP contribution in [0.2, 0.25) is 0 Å². The van der Waals surface area contributed by atoms with Gasteiger partial charge in [-0.15, -0.1) is 0 Å². The largest absolute Gasteiger partial charge is 0.495 e. The SMILES string of the molecule is COc1ccccc1N1CCN(C2CCCC(N)C2)CC1. The third-order valence-electron chi connectivity index (χ3n) is 4.94. The zero-order valence-corrected chi connectivity index (χ0v) is 13.0. The Morgan fingerprint density at radius 1 is 1.10 bits per heavy atom. The Bertz CT molecular complexity index is 457. The van der Waals surface area contributed by atoms with Crippen molar-refractivity contribution in [3.63, 3.8) is 0 Å². The van der Waals surface area contributed by atoms with Crippen molar-refractivity contribution in [3.05, 3.63) is 24.3 Å². The van der Waals surface area contributed by atoms with E-state index < -0.39 is 0 Å². The predicted octanol–water partition coefficient (Wildman–Crippen LogP) is 2.09. The van der Waals surface area contributed by atoms with Gasteiger partial charge in [-0.3, -0.25) is 4.90 Å². The fourth-order valence-electron chi connectivity index (χ4n) is 3.75. The second-order valence-electron chi connectivity index (χ2n) is 6.28. The lowest BCUT2D eigenvalue weighted by atomic mass is 9.90. The molecule has 1 aromatic rings. The molecule has 3 rings (SSSR count). The van der Waals surface area contributed by atoms with Gasteiger partial charge in [0.05, 0.1) is 12.8 Å². The second-order valence-corrected chi connectivity index (χ2v) is 6.28. The summed E-state index contributed by atoms with van der Waals surface area (Å²) < 4.78 is 5.48. The van der Waals surface area contributed by atoms with E-state index in [4.69, 9.17) is 10.5 Å². The van der Waals surface area contributed by atoms with Gasteiger partial charge in [0.2, 0.25) is 0 Å². The molecule has 0 spiro atoms. The van der Waals surface area contributed by atoms with E-state index in [1.165, 1.54) is 31.4 Å². The second kappa shape index (κ2) is 6.67. The molecule has 2 fully saturated rings. The van der Waals surface area contributed by atoms with Gasteiger partial charge in [0.25, 0.3) is 0 Å². The lowest BCUT2D eigenvalue weighted by Gasteiger charge is -2.42. The van der Waals surface area contributed by atoms with Crippen molar-refractivity contribution in [2.75, 3.05) is 38.2 Å². The highest BCUT2D eigenvalue weighted by atomic mass is 16.5. The van der Waals surface area contributed by atoms with Crippen molar-refractivity contribution in [3.8, 4) is 5.75 Å². The smallest absolute Gasteiger partial charge is 0.142 e. The molecule has 2 N–H and O–H groups in total. The number of rotatable bonds is 3. The highest BCUT2D eigenvalue weighted by molar-refractivity contribution is 5.58. The summed E-state index contributed by atoms with van der Waals surface area (Å²) in [4.78, 5) is 5.09. The average molecular weight is 289 g/mol. The topological polar surface area (TPSA) is 41.7 Å². The minimum atomic E-state index is 0.413. The number of ether oxygens (including phenoxy) is 1. The zero-order valence-electron chi connectivity index (χ0n) is 13.0. The van der Waals surface area contributed by atoms with Gasteiger partial charge < -0.3 is 15.4 Å². The summed E-state index contributed by atoms with van der Waals surface area (Å²) in [5.41, 5.74) is 7.36. The number of methoxy groups -OCH3 is 1. The average Bonchev–Trinajstić information content (AvgIpc) is 2.55. The molecular formula is C17H27N3O. The van der Waals surface area contributed by atoms with Crippen LogP contribution in [0, 0.1) is 0 Å². The molecule has 2 aliphatic rings. The third kappa shape index (κ3) is 3.33. The minimum absolute atomic E-state index is 0.413. The van der Waals surface area contributed by atoms with Gasteiger partial charge in [-0.05, 0) is 31.4 Å². The van der Waals surface area contributed by atoms with Crippen molar-refractivity contribution in [2.24, 2.45) is 5.73 Å². The van der Waals surface area contributed by atoms with Gasteiger partial charge in [-0.1, -0.05) is 18.6 Å².